The molecule has 2 heterocycles. The zero-order chi connectivity index (χ0) is 5.56. The summed E-state index contributed by atoms with van der Waals surface area (Å²) in [6, 6.07) is 0. The van der Waals surface area contributed by atoms with E-state index in [0.717, 1.165) is 0 Å². The third-order valence-corrected chi connectivity index (χ3v) is 6.76. The van der Waals surface area contributed by atoms with E-state index in [1.807, 2.05) is 0 Å². The van der Waals surface area contributed by atoms with E-state index in [9.17, 15) is 0 Å². The molecule has 0 aromatic rings. The summed E-state index contributed by atoms with van der Waals surface area (Å²) in [5.41, 5.74) is 0. The van der Waals surface area contributed by atoms with Crippen molar-refractivity contribution < 1.29 is 21.2 Å². The molecule has 0 radical (unpaired) electrons. The molecule has 0 spiro atoms. The molecular weight excluding hydrogens is 211 g/mol. The predicted molar refractivity (Wildman–Crippen MR) is 30.5 cm³/mol. The third kappa shape index (κ3) is 0.568. The first kappa shape index (κ1) is 5.51. The minimum absolute atomic E-state index is 0.707. The summed E-state index contributed by atoms with van der Waals surface area (Å²) in [6.45, 7) is 2.36. The fraction of sp³-hybridized carbons (Fsp3) is 1.00. The number of alkyl halides is 2. The Balaban J connectivity index is 2.02. The Kier molecular flexibility index (Phi) is 1.28. The Bertz CT molecular complexity index is 86.6. The molecule has 48 valence electrons. The average Bonchev–Trinajstić information content (AvgIpc) is 2.19. The number of hydrogen-bond acceptors (Lipinski definition) is 0. The summed E-state index contributed by atoms with van der Waals surface area (Å²) < 4.78 is 2.95. The molecule has 2 bridgehead atoms. The van der Waals surface area contributed by atoms with Crippen LogP contribution < -0.4 is 21.2 Å². The normalized spacial score (nSPS) is 52.4. The molecule has 0 N–H and O–H groups in total. The van der Waals surface area contributed by atoms with E-state index in [4.69, 9.17) is 0 Å². The van der Waals surface area contributed by atoms with Gasteiger partial charge >= 0.3 is 61.2 Å². The Morgan fingerprint density at radius 3 is 2.75 bits per heavy atom. The van der Waals surface area contributed by atoms with E-state index in [2.05, 4.69) is 6.92 Å². The van der Waals surface area contributed by atoms with Crippen LogP contribution in [-0.4, -0.2) is 8.35 Å². The number of fused-ring (bicyclic) bond motifs is 1. The fourth-order valence-corrected chi connectivity index (χ4v) is 6.99. The molecule has 3 unspecified atom stereocenters. The maximum absolute atomic E-state index is 2.36. The molecule has 1 heteroatoms. The van der Waals surface area contributed by atoms with Gasteiger partial charge in [-0.15, -0.1) is 0 Å². The molecule has 1 aliphatic carbocycles. The van der Waals surface area contributed by atoms with Crippen LogP contribution in [0.3, 0.4) is 0 Å². The molecule has 8 heavy (non-hydrogen) atoms. The number of rotatable bonds is 1. The van der Waals surface area contributed by atoms with Crippen molar-refractivity contribution in [2.45, 2.75) is 23.7 Å². The molecule has 0 aromatic heterocycles. The Hall–Kier alpha value is 0.730. The SMILES string of the molecule is CCC1C2C[I-]C1C2. The zero-order valence-electron chi connectivity index (χ0n) is 5.23. The first-order valence-corrected chi connectivity index (χ1v) is 6.26. The van der Waals surface area contributed by atoms with Gasteiger partial charge in [0.2, 0.25) is 0 Å². The van der Waals surface area contributed by atoms with Crippen LogP contribution in [0.2, 0.25) is 0 Å². The van der Waals surface area contributed by atoms with Crippen molar-refractivity contribution in [2.75, 3.05) is 4.43 Å². The van der Waals surface area contributed by atoms with Crippen molar-refractivity contribution >= 4 is 0 Å². The van der Waals surface area contributed by atoms with Crippen LogP contribution in [0.5, 0.6) is 0 Å². The third-order valence-electron chi connectivity index (χ3n) is 2.55. The fourth-order valence-electron chi connectivity index (χ4n) is 1.91. The summed E-state index contributed by atoms with van der Waals surface area (Å²) >= 11 is 0.707. The molecule has 2 saturated heterocycles. The van der Waals surface area contributed by atoms with Gasteiger partial charge in [0.25, 0.3) is 0 Å². The Morgan fingerprint density at radius 1 is 1.62 bits per heavy atom. The molecule has 3 aliphatic rings. The van der Waals surface area contributed by atoms with E-state index >= 15 is 0 Å². The molecule has 3 atom stereocenters. The van der Waals surface area contributed by atoms with Crippen LogP contribution in [0.4, 0.5) is 0 Å². The molecular formula is C7H12I-. The van der Waals surface area contributed by atoms with Crippen LogP contribution in [0, 0.1) is 11.8 Å². The summed E-state index contributed by atoms with van der Waals surface area (Å²) in [5.74, 6) is 2.43. The molecule has 0 amide bonds. The molecule has 3 rings (SSSR count). The monoisotopic (exact) mass is 223 g/mol. The van der Waals surface area contributed by atoms with E-state index < -0.39 is 0 Å². The zero-order valence-corrected chi connectivity index (χ0v) is 7.39. The van der Waals surface area contributed by atoms with Crippen molar-refractivity contribution in [3.8, 4) is 0 Å². The van der Waals surface area contributed by atoms with Gasteiger partial charge in [0.15, 0.2) is 0 Å². The van der Waals surface area contributed by atoms with Gasteiger partial charge in [-0.05, 0) is 0 Å². The second kappa shape index (κ2) is 1.86. The van der Waals surface area contributed by atoms with Gasteiger partial charge in [0, 0.05) is 0 Å². The molecule has 1 saturated carbocycles. The second-order valence-corrected chi connectivity index (χ2v) is 6.25. The molecule has 0 nitrogen and oxygen atoms in total. The molecule has 0 aromatic carbocycles. The second-order valence-electron chi connectivity index (χ2n) is 2.89. The van der Waals surface area contributed by atoms with Crippen LogP contribution in [0.15, 0.2) is 0 Å². The van der Waals surface area contributed by atoms with Gasteiger partial charge in [-0.25, -0.2) is 0 Å². The van der Waals surface area contributed by atoms with Crippen LogP contribution in [-0.2, 0) is 0 Å². The first-order chi connectivity index (χ1) is 3.92. The van der Waals surface area contributed by atoms with E-state index in [1.54, 1.807) is 10.8 Å². The van der Waals surface area contributed by atoms with Gasteiger partial charge in [0.1, 0.15) is 0 Å². The van der Waals surface area contributed by atoms with Gasteiger partial charge in [-0.3, -0.25) is 0 Å². The summed E-state index contributed by atoms with van der Waals surface area (Å²) in [4.78, 5) is 0. The van der Waals surface area contributed by atoms with Gasteiger partial charge < -0.3 is 0 Å². The summed E-state index contributed by atoms with van der Waals surface area (Å²) in [7, 11) is 0. The van der Waals surface area contributed by atoms with Gasteiger partial charge in [-0.1, -0.05) is 0 Å². The van der Waals surface area contributed by atoms with Crippen molar-refractivity contribution in [2.24, 2.45) is 11.8 Å². The number of halogens is 1. The minimum atomic E-state index is 0.707. The Labute approximate surface area is 61.3 Å². The predicted octanol–water partition coefficient (Wildman–Crippen LogP) is -1.50. The first-order valence-electron chi connectivity index (χ1n) is 3.49. The van der Waals surface area contributed by atoms with Crippen molar-refractivity contribution in [1.82, 2.24) is 0 Å². The van der Waals surface area contributed by atoms with Gasteiger partial charge in [0.05, 0.1) is 0 Å². The van der Waals surface area contributed by atoms with E-state index in [-0.39, 0.29) is 0 Å². The average molecular weight is 223 g/mol. The van der Waals surface area contributed by atoms with Crippen LogP contribution >= 0.6 is 0 Å². The standard InChI is InChI=1S/C7H12I/c1-2-6-5-3-7(6)8-4-5/h5-7H,2-4H2,1H3/q-1. The summed E-state index contributed by atoms with van der Waals surface area (Å²) in [5, 5.41) is 0. The topological polar surface area (TPSA) is 0 Å². The number of hydrogen-bond donors (Lipinski definition) is 0. The van der Waals surface area contributed by atoms with Crippen molar-refractivity contribution in [3.63, 3.8) is 0 Å². The van der Waals surface area contributed by atoms with Crippen molar-refractivity contribution in [1.29, 1.82) is 0 Å². The van der Waals surface area contributed by atoms with E-state index in [0.29, 0.717) is 21.2 Å². The van der Waals surface area contributed by atoms with Crippen molar-refractivity contribution in [3.05, 3.63) is 0 Å². The van der Waals surface area contributed by atoms with Crippen LogP contribution in [0.25, 0.3) is 0 Å². The van der Waals surface area contributed by atoms with Crippen LogP contribution in [0.1, 0.15) is 19.8 Å². The maximum atomic E-state index is 2.36. The molecule has 3 fully saturated rings. The molecule has 2 aliphatic heterocycles. The summed E-state index contributed by atoms with van der Waals surface area (Å²) in [6.07, 6.45) is 3.11. The van der Waals surface area contributed by atoms with Gasteiger partial charge in [-0.2, -0.15) is 0 Å². The Morgan fingerprint density at radius 2 is 2.50 bits per heavy atom. The quantitative estimate of drug-likeness (QED) is 0.375. The van der Waals surface area contributed by atoms with E-state index in [1.165, 1.54) is 22.2 Å².